The number of allylic oxidation sites excluding steroid dienone is 1. The molecule has 5 nitrogen and oxygen atoms in total. The molecule has 0 saturated carbocycles. The predicted octanol–water partition coefficient (Wildman–Crippen LogP) is 6.27. The first-order chi connectivity index (χ1) is 16.6. The topological polar surface area (TPSA) is 60.7 Å². The minimum absolute atomic E-state index is 0.118. The molecule has 4 aromatic rings. The van der Waals surface area contributed by atoms with Crippen molar-refractivity contribution in [1.82, 2.24) is 5.32 Å². The maximum Gasteiger partial charge on any atom is 0.244 e. The van der Waals surface area contributed by atoms with Crippen molar-refractivity contribution in [2.75, 3.05) is 20.8 Å². The second-order valence-electron chi connectivity index (χ2n) is 8.14. The van der Waals surface area contributed by atoms with Crippen LogP contribution in [0.25, 0.3) is 27.7 Å². The number of fused-ring (bicyclic) bond motifs is 1. The van der Waals surface area contributed by atoms with Crippen LogP contribution < -0.4 is 14.8 Å². The summed E-state index contributed by atoms with van der Waals surface area (Å²) in [5, 5.41) is 3.93. The molecule has 1 heterocycles. The number of hydrogen-bond donors (Lipinski definition) is 1. The maximum absolute atomic E-state index is 12.5. The Balaban J connectivity index is 1.53. The van der Waals surface area contributed by atoms with E-state index in [1.54, 1.807) is 26.6 Å². The summed E-state index contributed by atoms with van der Waals surface area (Å²) < 4.78 is 16.8. The summed E-state index contributed by atoms with van der Waals surface area (Å²) >= 11 is 0. The number of nitrogens with one attached hydrogen (secondary N) is 1. The van der Waals surface area contributed by atoms with Crippen LogP contribution in [0.5, 0.6) is 11.5 Å². The fraction of sp³-hybridized carbons (Fsp3) is 0.207. The number of carbonyl (C=O) groups excluding carboxylic acids is 1. The van der Waals surface area contributed by atoms with Crippen molar-refractivity contribution in [2.24, 2.45) is 0 Å². The van der Waals surface area contributed by atoms with E-state index in [2.05, 4.69) is 17.4 Å². The molecular weight excluding hydrogens is 426 g/mol. The van der Waals surface area contributed by atoms with E-state index in [9.17, 15) is 4.79 Å². The molecule has 0 spiro atoms. The molecule has 4 rings (SSSR count). The van der Waals surface area contributed by atoms with Crippen molar-refractivity contribution in [2.45, 2.75) is 19.8 Å². The Kier molecular flexibility index (Phi) is 7.33. The Morgan fingerprint density at radius 2 is 1.82 bits per heavy atom. The van der Waals surface area contributed by atoms with Crippen LogP contribution >= 0.6 is 0 Å². The van der Waals surface area contributed by atoms with Crippen molar-refractivity contribution in [3.8, 4) is 22.6 Å². The molecule has 5 heteroatoms. The highest BCUT2D eigenvalue weighted by atomic mass is 16.5. The van der Waals surface area contributed by atoms with Gasteiger partial charge in [0.05, 0.1) is 20.5 Å². The van der Waals surface area contributed by atoms with Crippen LogP contribution in [0.4, 0.5) is 0 Å². The van der Waals surface area contributed by atoms with Crippen molar-refractivity contribution < 1.29 is 18.7 Å². The van der Waals surface area contributed by atoms with E-state index < -0.39 is 0 Å². The number of aryl methyl sites for hydroxylation is 1. The first-order valence-electron chi connectivity index (χ1n) is 11.3. The van der Waals surface area contributed by atoms with Crippen molar-refractivity contribution >= 4 is 22.4 Å². The van der Waals surface area contributed by atoms with Crippen molar-refractivity contribution in [3.05, 3.63) is 90.2 Å². The average molecular weight is 456 g/mol. The van der Waals surface area contributed by atoms with Gasteiger partial charge in [-0.1, -0.05) is 42.5 Å². The quantitative estimate of drug-likeness (QED) is 0.239. The van der Waals surface area contributed by atoms with Gasteiger partial charge in [0.25, 0.3) is 0 Å². The molecule has 0 fully saturated rings. The smallest absolute Gasteiger partial charge is 0.244 e. The largest absolute Gasteiger partial charge is 0.497 e. The maximum atomic E-state index is 12.5. The minimum Gasteiger partial charge on any atom is -0.497 e. The lowest BCUT2D eigenvalue weighted by molar-refractivity contribution is -0.116. The number of ether oxygens (including phenoxy) is 2. The number of methoxy groups -OCH3 is 2. The minimum atomic E-state index is -0.118. The summed E-state index contributed by atoms with van der Waals surface area (Å²) in [6.45, 7) is 2.54. The molecule has 0 unspecified atom stereocenters. The van der Waals surface area contributed by atoms with Gasteiger partial charge < -0.3 is 19.2 Å². The molecule has 1 aromatic heterocycles. The summed E-state index contributed by atoms with van der Waals surface area (Å²) in [6, 6.07) is 22.0. The fourth-order valence-electron chi connectivity index (χ4n) is 4.02. The molecule has 0 saturated heterocycles. The normalized spacial score (nSPS) is 11.4. The van der Waals surface area contributed by atoms with Gasteiger partial charge in [0.1, 0.15) is 17.1 Å². The first kappa shape index (κ1) is 23.2. The van der Waals surface area contributed by atoms with E-state index in [0.717, 1.165) is 51.8 Å². The molecule has 0 atom stereocenters. The van der Waals surface area contributed by atoms with E-state index >= 15 is 0 Å². The molecule has 0 bridgehead atoms. The molecule has 0 aliphatic carbocycles. The van der Waals surface area contributed by atoms with Crippen molar-refractivity contribution in [1.29, 1.82) is 0 Å². The number of furan rings is 1. The summed E-state index contributed by atoms with van der Waals surface area (Å²) in [6.07, 6.45) is 5.18. The highest BCUT2D eigenvalue weighted by Crippen LogP contribution is 2.38. The van der Waals surface area contributed by atoms with Gasteiger partial charge in [-0.05, 0) is 54.7 Å². The van der Waals surface area contributed by atoms with Crippen LogP contribution in [0.2, 0.25) is 0 Å². The highest BCUT2D eigenvalue weighted by Gasteiger charge is 2.15. The highest BCUT2D eigenvalue weighted by molar-refractivity contribution is 6.00. The SMILES string of the molecule is COc1cccc(-c2coc3cc(OC)c(/C(C)=C/C(=O)NCCCc4ccccc4)cc23)c1. The fourth-order valence-corrected chi connectivity index (χ4v) is 4.02. The van der Waals surface area contributed by atoms with Gasteiger partial charge in [-0.2, -0.15) is 0 Å². The summed E-state index contributed by atoms with van der Waals surface area (Å²) in [5.41, 5.74) is 5.60. The standard InChI is InChI=1S/C29H29NO4/c1-20(15-29(31)30-14-8-11-21-9-5-4-6-10-21)24-17-25-26(19-34-28(25)18-27(24)33-3)22-12-7-13-23(16-22)32-2/h4-7,9-10,12-13,15-19H,8,11,14H2,1-3H3,(H,30,31)/b20-15+. The Morgan fingerprint density at radius 1 is 1.00 bits per heavy atom. The molecule has 34 heavy (non-hydrogen) atoms. The Morgan fingerprint density at radius 3 is 2.59 bits per heavy atom. The van der Waals surface area contributed by atoms with Gasteiger partial charge in [-0.25, -0.2) is 0 Å². The third kappa shape index (κ3) is 5.31. The zero-order valence-corrected chi connectivity index (χ0v) is 19.8. The van der Waals surface area contributed by atoms with Crippen LogP contribution in [0.15, 0.2) is 83.5 Å². The van der Waals surface area contributed by atoms with E-state index in [0.29, 0.717) is 12.3 Å². The van der Waals surface area contributed by atoms with Crippen LogP contribution in [0, 0.1) is 0 Å². The Bertz CT molecular complexity index is 1300. The van der Waals surface area contributed by atoms with Gasteiger partial charge in [0.2, 0.25) is 5.91 Å². The van der Waals surface area contributed by atoms with Gasteiger partial charge in [0.15, 0.2) is 0 Å². The third-order valence-corrected chi connectivity index (χ3v) is 5.83. The lowest BCUT2D eigenvalue weighted by Gasteiger charge is -2.10. The van der Waals surface area contributed by atoms with Gasteiger partial charge in [0, 0.05) is 35.2 Å². The van der Waals surface area contributed by atoms with Crippen LogP contribution in [0.1, 0.15) is 24.5 Å². The van der Waals surface area contributed by atoms with Crippen LogP contribution in [-0.2, 0) is 11.2 Å². The summed E-state index contributed by atoms with van der Waals surface area (Å²) in [7, 11) is 3.27. The Labute approximate surface area is 200 Å². The monoisotopic (exact) mass is 455 g/mol. The Hall–Kier alpha value is -3.99. The zero-order chi connectivity index (χ0) is 23.9. The average Bonchev–Trinajstić information content (AvgIpc) is 3.29. The second kappa shape index (κ2) is 10.8. The molecule has 0 aliphatic rings. The molecule has 3 aromatic carbocycles. The van der Waals surface area contributed by atoms with E-state index in [-0.39, 0.29) is 5.91 Å². The zero-order valence-electron chi connectivity index (χ0n) is 19.8. The molecular formula is C29H29NO4. The number of amides is 1. The number of carbonyl (C=O) groups is 1. The first-order valence-corrected chi connectivity index (χ1v) is 11.3. The number of benzene rings is 3. The number of rotatable bonds is 9. The predicted molar refractivity (Wildman–Crippen MR) is 136 cm³/mol. The van der Waals surface area contributed by atoms with Crippen LogP contribution in [-0.4, -0.2) is 26.7 Å². The summed E-state index contributed by atoms with van der Waals surface area (Å²) in [4.78, 5) is 12.5. The molecule has 1 N–H and O–H groups in total. The molecule has 1 amide bonds. The van der Waals surface area contributed by atoms with Crippen LogP contribution in [0.3, 0.4) is 0 Å². The van der Waals surface area contributed by atoms with E-state index in [4.69, 9.17) is 13.9 Å². The van der Waals surface area contributed by atoms with Gasteiger partial charge in [-0.3, -0.25) is 4.79 Å². The molecule has 0 radical (unpaired) electrons. The lowest BCUT2D eigenvalue weighted by Crippen LogP contribution is -2.22. The van der Waals surface area contributed by atoms with E-state index in [1.807, 2.05) is 61.5 Å². The summed E-state index contributed by atoms with van der Waals surface area (Å²) in [5.74, 6) is 1.32. The lowest BCUT2D eigenvalue weighted by atomic mass is 9.99. The molecule has 0 aliphatic heterocycles. The third-order valence-electron chi connectivity index (χ3n) is 5.83. The van der Waals surface area contributed by atoms with Gasteiger partial charge >= 0.3 is 0 Å². The van der Waals surface area contributed by atoms with Crippen molar-refractivity contribution in [3.63, 3.8) is 0 Å². The molecule has 174 valence electrons. The second-order valence-corrected chi connectivity index (χ2v) is 8.14. The van der Waals surface area contributed by atoms with Gasteiger partial charge in [-0.15, -0.1) is 0 Å². The van der Waals surface area contributed by atoms with E-state index in [1.165, 1.54) is 5.56 Å². The number of hydrogen-bond acceptors (Lipinski definition) is 4.